The lowest BCUT2D eigenvalue weighted by Crippen LogP contribution is -2.40. The van der Waals surface area contributed by atoms with Crippen LogP contribution in [-0.2, 0) is 14.4 Å². The largest absolute Gasteiger partial charge is 0.481 e. The van der Waals surface area contributed by atoms with Gasteiger partial charge >= 0.3 is 5.97 Å². The molecule has 1 fully saturated rings. The van der Waals surface area contributed by atoms with Gasteiger partial charge in [0, 0.05) is 12.5 Å². The minimum atomic E-state index is -0.843. The van der Waals surface area contributed by atoms with Crippen LogP contribution >= 0.6 is 0 Å². The van der Waals surface area contributed by atoms with Gasteiger partial charge in [-0.3, -0.25) is 14.4 Å². The first-order chi connectivity index (χ1) is 8.90. The Morgan fingerprint density at radius 1 is 1.16 bits per heavy atom. The second-order valence-electron chi connectivity index (χ2n) is 5.46. The fraction of sp³-hybridized carbons (Fsp3) is 0.769. The van der Waals surface area contributed by atoms with E-state index in [1.165, 1.54) is 0 Å². The number of nitrogens with one attached hydrogen (secondary N) is 2. The van der Waals surface area contributed by atoms with Crippen LogP contribution in [0.2, 0.25) is 0 Å². The van der Waals surface area contributed by atoms with E-state index in [0.717, 1.165) is 0 Å². The molecular weight excluding hydrogens is 248 g/mol. The molecule has 3 N–H and O–H groups in total. The van der Waals surface area contributed by atoms with Crippen molar-refractivity contribution >= 4 is 17.8 Å². The van der Waals surface area contributed by atoms with Crippen molar-refractivity contribution in [3.63, 3.8) is 0 Å². The minimum Gasteiger partial charge on any atom is -0.481 e. The minimum absolute atomic E-state index is 0.0419. The van der Waals surface area contributed by atoms with E-state index in [-0.39, 0.29) is 24.3 Å². The van der Waals surface area contributed by atoms with E-state index in [2.05, 4.69) is 10.6 Å². The summed E-state index contributed by atoms with van der Waals surface area (Å²) in [5.74, 6) is -1.61. The Bertz CT molecular complexity index is 355. The van der Waals surface area contributed by atoms with Gasteiger partial charge in [-0.1, -0.05) is 13.8 Å². The normalized spacial score (nSPS) is 22.3. The number of aliphatic carboxylic acids is 1. The van der Waals surface area contributed by atoms with Gasteiger partial charge in [-0.2, -0.15) is 0 Å². The summed E-state index contributed by atoms with van der Waals surface area (Å²) in [6, 6.07) is 0. The zero-order chi connectivity index (χ0) is 14.4. The Balaban J connectivity index is 2.25. The molecule has 0 saturated heterocycles. The average molecular weight is 270 g/mol. The third kappa shape index (κ3) is 5.28. The van der Waals surface area contributed by atoms with Gasteiger partial charge in [0.1, 0.15) is 0 Å². The van der Waals surface area contributed by atoms with Crippen molar-refractivity contribution in [1.29, 1.82) is 0 Å². The highest BCUT2D eigenvalue weighted by Gasteiger charge is 2.33. The third-order valence-electron chi connectivity index (χ3n) is 3.28. The number of hydrogen-bond acceptors (Lipinski definition) is 3. The van der Waals surface area contributed by atoms with Crippen LogP contribution in [0.5, 0.6) is 0 Å². The molecule has 0 spiro atoms. The molecule has 6 nitrogen and oxygen atoms in total. The summed E-state index contributed by atoms with van der Waals surface area (Å²) >= 11 is 0. The lowest BCUT2D eigenvalue weighted by molar-refractivity contribution is -0.141. The van der Waals surface area contributed by atoms with Gasteiger partial charge in [-0.05, 0) is 25.2 Å². The molecular formula is C13H22N2O4. The Labute approximate surface area is 112 Å². The number of carbonyl (C=O) groups excluding carboxylic acids is 2. The Morgan fingerprint density at radius 3 is 2.32 bits per heavy atom. The van der Waals surface area contributed by atoms with Gasteiger partial charge in [0.25, 0.3) is 0 Å². The monoisotopic (exact) mass is 270 g/mol. The predicted molar refractivity (Wildman–Crippen MR) is 69.3 cm³/mol. The summed E-state index contributed by atoms with van der Waals surface area (Å²) in [7, 11) is 0. The van der Waals surface area contributed by atoms with Gasteiger partial charge in [0.15, 0.2) is 0 Å². The fourth-order valence-corrected chi connectivity index (χ4v) is 2.14. The lowest BCUT2D eigenvalue weighted by atomic mass is 10.0. The number of amides is 2. The van der Waals surface area contributed by atoms with E-state index in [9.17, 15) is 14.4 Å². The number of carbonyl (C=O) groups is 3. The zero-order valence-electron chi connectivity index (χ0n) is 11.4. The molecule has 0 radical (unpaired) electrons. The van der Waals surface area contributed by atoms with Gasteiger partial charge < -0.3 is 15.7 Å². The van der Waals surface area contributed by atoms with Gasteiger partial charge in [0.05, 0.1) is 12.5 Å². The molecule has 0 aliphatic heterocycles. The van der Waals surface area contributed by atoms with Crippen LogP contribution < -0.4 is 10.6 Å². The second kappa shape index (κ2) is 7.11. The molecule has 0 unspecified atom stereocenters. The third-order valence-corrected chi connectivity index (χ3v) is 3.28. The van der Waals surface area contributed by atoms with E-state index in [4.69, 9.17) is 5.11 Å². The van der Waals surface area contributed by atoms with Crippen LogP contribution in [0.25, 0.3) is 0 Å². The van der Waals surface area contributed by atoms with E-state index < -0.39 is 11.9 Å². The van der Waals surface area contributed by atoms with Crippen LogP contribution in [0.15, 0.2) is 0 Å². The summed E-state index contributed by atoms with van der Waals surface area (Å²) in [6.07, 6.45) is 1.48. The van der Waals surface area contributed by atoms with Gasteiger partial charge in [-0.25, -0.2) is 0 Å². The quantitative estimate of drug-likeness (QED) is 0.650. The molecule has 0 heterocycles. The molecule has 2 amide bonds. The highest BCUT2D eigenvalue weighted by Crippen LogP contribution is 2.30. The molecule has 1 aliphatic carbocycles. The maximum atomic E-state index is 11.8. The van der Waals surface area contributed by atoms with E-state index in [1.807, 2.05) is 13.8 Å². The summed E-state index contributed by atoms with van der Waals surface area (Å²) < 4.78 is 0. The highest BCUT2D eigenvalue weighted by molar-refractivity contribution is 5.86. The van der Waals surface area contributed by atoms with Crippen molar-refractivity contribution in [2.75, 3.05) is 13.1 Å². The number of rotatable bonds is 6. The number of carboxylic acid groups (broad SMARTS) is 1. The predicted octanol–water partition coefficient (Wildman–Crippen LogP) is 0.376. The van der Waals surface area contributed by atoms with Crippen molar-refractivity contribution < 1.29 is 19.5 Å². The molecule has 108 valence electrons. The van der Waals surface area contributed by atoms with Gasteiger partial charge in [-0.15, -0.1) is 0 Å². The van der Waals surface area contributed by atoms with Crippen LogP contribution in [0.1, 0.15) is 33.1 Å². The van der Waals surface area contributed by atoms with E-state index in [1.54, 1.807) is 0 Å². The van der Waals surface area contributed by atoms with Crippen molar-refractivity contribution in [2.45, 2.75) is 33.1 Å². The Kier molecular flexibility index (Phi) is 5.79. The molecule has 1 rings (SSSR count). The molecule has 1 aliphatic rings. The van der Waals surface area contributed by atoms with Gasteiger partial charge in [0.2, 0.25) is 11.8 Å². The fourth-order valence-electron chi connectivity index (χ4n) is 2.14. The van der Waals surface area contributed by atoms with Crippen LogP contribution in [0, 0.1) is 17.8 Å². The Hall–Kier alpha value is -1.59. The molecule has 0 aromatic rings. The van der Waals surface area contributed by atoms with Crippen molar-refractivity contribution in [3.8, 4) is 0 Å². The Morgan fingerprint density at radius 2 is 1.79 bits per heavy atom. The zero-order valence-corrected chi connectivity index (χ0v) is 11.4. The molecule has 19 heavy (non-hydrogen) atoms. The molecule has 6 heteroatoms. The molecule has 0 aromatic heterocycles. The summed E-state index contributed by atoms with van der Waals surface area (Å²) in [5.41, 5.74) is 0. The SMILES string of the molecule is CC(C)CNC(=O)CNC(=O)[C@@H]1CC[C@H](C(=O)O)C1. The smallest absolute Gasteiger partial charge is 0.306 e. The maximum Gasteiger partial charge on any atom is 0.306 e. The van der Waals surface area contributed by atoms with Crippen molar-refractivity contribution in [1.82, 2.24) is 10.6 Å². The summed E-state index contributed by atoms with van der Waals surface area (Å²) in [5, 5.41) is 14.1. The molecule has 2 atom stereocenters. The second-order valence-corrected chi connectivity index (χ2v) is 5.46. The van der Waals surface area contributed by atoms with Crippen molar-refractivity contribution in [2.24, 2.45) is 17.8 Å². The highest BCUT2D eigenvalue weighted by atomic mass is 16.4. The molecule has 0 bridgehead atoms. The lowest BCUT2D eigenvalue weighted by Gasteiger charge is -2.11. The number of hydrogen-bond donors (Lipinski definition) is 3. The van der Waals surface area contributed by atoms with Crippen LogP contribution in [0.4, 0.5) is 0 Å². The topological polar surface area (TPSA) is 95.5 Å². The first kappa shape index (κ1) is 15.5. The first-order valence-electron chi connectivity index (χ1n) is 6.67. The summed E-state index contributed by atoms with van der Waals surface area (Å²) in [4.78, 5) is 34.0. The first-order valence-corrected chi connectivity index (χ1v) is 6.67. The average Bonchev–Trinajstić information content (AvgIpc) is 2.83. The molecule has 0 aromatic carbocycles. The van der Waals surface area contributed by atoms with E-state index >= 15 is 0 Å². The van der Waals surface area contributed by atoms with Crippen LogP contribution in [0.3, 0.4) is 0 Å². The summed E-state index contributed by atoms with van der Waals surface area (Å²) in [6.45, 7) is 4.52. The maximum absolute atomic E-state index is 11.8. The standard InChI is InChI=1S/C13H22N2O4/c1-8(2)6-14-11(16)7-15-12(17)9-3-4-10(5-9)13(18)19/h8-10H,3-7H2,1-2H3,(H,14,16)(H,15,17)(H,18,19)/t9-,10+/m1/s1. The molecule has 1 saturated carbocycles. The van der Waals surface area contributed by atoms with Crippen molar-refractivity contribution in [3.05, 3.63) is 0 Å². The van der Waals surface area contributed by atoms with Crippen LogP contribution in [-0.4, -0.2) is 36.0 Å². The number of carboxylic acids is 1. The van der Waals surface area contributed by atoms with E-state index in [0.29, 0.717) is 31.7 Å².